The summed E-state index contributed by atoms with van der Waals surface area (Å²) in [5, 5.41) is 9.08. The Labute approximate surface area is 92.1 Å². The van der Waals surface area contributed by atoms with Gasteiger partial charge < -0.3 is 4.90 Å². The van der Waals surface area contributed by atoms with Crippen LogP contribution in [0.4, 0.5) is 0 Å². The molecule has 1 amide bonds. The van der Waals surface area contributed by atoms with Gasteiger partial charge in [0.15, 0.2) is 0 Å². The Bertz CT molecular complexity index is 286. The van der Waals surface area contributed by atoms with E-state index in [0.29, 0.717) is 5.92 Å². The van der Waals surface area contributed by atoms with E-state index in [1.54, 1.807) is 4.90 Å². The van der Waals surface area contributed by atoms with E-state index < -0.39 is 5.41 Å². The van der Waals surface area contributed by atoms with Crippen molar-refractivity contribution in [2.24, 2.45) is 11.3 Å². The molecular weight excluding hydrogens is 188 g/mol. The smallest absolute Gasteiger partial charge is 0.243 e. The van der Waals surface area contributed by atoms with Gasteiger partial charge >= 0.3 is 0 Å². The third-order valence-corrected chi connectivity index (χ3v) is 3.73. The molecule has 15 heavy (non-hydrogen) atoms. The summed E-state index contributed by atoms with van der Waals surface area (Å²) in [7, 11) is 1.81. The SMILES string of the molecule is CC(C)C(C)N(C)C(=O)C1(C#N)CCC1. The molecule has 1 atom stereocenters. The van der Waals surface area contributed by atoms with Crippen LogP contribution in [-0.4, -0.2) is 23.9 Å². The molecule has 0 spiro atoms. The number of nitriles is 1. The van der Waals surface area contributed by atoms with Gasteiger partial charge in [-0.1, -0.05) is 13.8 Å². The van der Waals surface area contributed by atoms with Crippen LogP contribution in [0, 0.1) is 22.7 Å². The zero-order valence-corrected chi connectivity index (χ0v) is 10.1. The lowest BCUT2D eigenvalue weighted by atomic mass is 9.69. The molecule has 1 fully saturated rings. The van der Waals surface area contributed by atoms with Crippen molar-refractivity contribution >= 4 is 5.91 Å². The van der Waals surface area contributed by atoms with E-state index >= 15 is 0 Å². The van der Waals surface area contributed by atoms with Crippen LogP contribution in [0.2, 0.25) is 0 Å². The highest BCUT2D eigenvalue weighted by Crippen LogP contribution is 2.42. The van der Waals surface area contributed by atoms with Crippen molar-refractivity contribution in [3.8, 4) is 6.07 Å². The third-order valence-electron chi connectivity index (χ3n) is 3.73. The molecule has 84 valence electrons. The van der Waals surface area contributed by atoms with E-state index in [1.165, 1.54) is 0 Å². The van der Waals surface area contributed by atoms with Crippen LogP contribution in [0.15, 0.2) is 0 Å². The summed E-state index contributed by atoms with van der Waals surface area (Å²) in [6, 6.07) is 2.40. The standard InChI is InChI=1S/C12H20N2O/c1-9(2)10(3)14(4)11(15)12(8-13)6-5-7-12/h9-10H,5-7H2,1-4H3. The van der Waals surface area contributed by atoms with E-state index in [-0.39, 0.29) is 11.9 Å². The van der Waals surface area contributed by atoms with Gasteiger partial charge in [-0.2, -0.15) is 5.26 Å². The fourth-order valence-electron chi connectivity index (χ4n) is 1.87. The lowest BCUT2D eigenvalue weighted by molar-refractivity contribution is -0.144. The number of rotatable bonds is 3. The molecule has 0 heterocycles. The molecule has 1 aliphatic rings. The van der Waals surface area contributed by atoms with Crippen molar-refractivity contribution < 1.29 is 4.79 Å². The molecule has 3 heteroatoms. The summed E-state index contributed by atoms with van der Waals surface area (Å²) in [5.41, 5.74) is -0.697. The van der Waals surface area contributed by atoms with Gasteiger partial charge in [0.1, 0.15) is 5.41 Å². The molecule has 0 saturated heterocycles. The Balaban J connectivity index is 2.72. The number of amides is 1. The second-order valence-electron chi connectivity index (χ2n) is 4.95. The first-order chi connectivity index (χ1) is 6.94. The summed E-state index contributed by atoms with van der Waals surface area (Å²) in [5.74, 6) is 0.437. The Hall–Kier alpha value is -1.04. The molecule has 0 aromatic carbocycles. The van der Waals surface area contributed by atoms with E-state index in [1.807, 2.05) is 14.0 Å². The van der Waals surface area contributed by atoms with E-state index in [0.717, 1.165) is 19.3 Å². The summed E-state index contributed by atoms with van der Waals surface area (Å²) >= 11 is 0. The Morgan fingerprint density at radius 1 is 1.40 bits per heavy atom. The maximum absolute atomic E-state index is 12.1. The lowest BCUT2D eigenvalue weighted by Crippen LogP contribution is -2.49. The molecule has 3 nitrogen and oxygen atoms in total. The van der Waals surface area contributed by atoms with Crippen LogP contribution >= 0.6 is 0 Å². The third kappa shape index (κ3) is 1.99. The van der Waals surface area contributed by atoms with Gasteiger partial charge in [0, 0.05) is 13.1 Å². The number of carbonyl (C=O) groups is 1. The second-order valence-corrected chi connectivity index (χ2v) is 4.95. The minimum atomic E-state index is -0.697. The van der Waals surface area contributed by atoms with Crippen molar-refractivity contribution in [1.29, 1.82) is 5.26 Å². The predicted molar refractivity (Wildman–Crippen MR) is 59.0 cm³/mol. The van der Waals surface area contributed by atoms with Crippen molar-refractivity contribution in [2.75, 3.05) is 7.05 Å². The summed E-state index contributed by atoms with van der Waals surface area (Å²) in [6.45, 7) is 6.22. The summed E-state index contributed by atoms with van der Waals surface area (Å²) in [4.78, 5) is 13.9. The number of nitrogens with zero attached hydrogens (tertiary/aromatic N) is 2. The monoisotopic (exact) mass is 208 g/mol. The maximum Gasteiger partial charge on any atom is 0.243 e. The van der Waals surface area contributed by atoms with Crippen LogP contribution in [-0.2, 0) is 4.79 Å². The first-order valence-electron chi connectivity index (χ1n) is 5.63. The Morgan fingerprint density at radius 3 is 2.20 bits per heavy atom. The first-order valence-corrected chi connectivity index (χ1v) is 5.63. The van der Waals surface area contributed by atoms with Crippen molar-refractivity contribution in [3.63, 3.8) is 0 Å². The normalized spacial score (nSPS) is 20.3. The summed E-state index contributed by atoms with van der Waals surface area (Å²) < 4.78 is 0. The molecule has 0 aromatic rings. The quantitative estimate of drug-likeness (QED) is 0.713. The van der Waals surface area contributed by atoms with Crippen molar-refractivity contribution in [3.05, 3.63) is 0 Å². The molecule has 0 aliphatic heterocycles. The first kappa shape index (κ1) is 12.0. The highest BCUT2D eigenvalue weighted by Gasteiger charge is 2.46. The lowest BCUT2D eigenvalue weighted by Gasteiger charge is -2.39. The van der Waals surface area contributed by atoms with Gasteiger partial charge in [-0.15, -0.1) is 0 Å². The van der Waals surface area contributed by atoms with E-state index in [2.05, 4.69) is 19.9 Å². The Morgan fingerprint density at radius 2 is 1.93 bits per heavy atom. The molecule has 0 radical (unpaired) electrons. The van der Waals surface area contributed by atoms with Crippen LogP contribution < -0.4 is 0 Å². The van der Waals surface area contributed by atoms with Crippen LogP contribution in [0.25, 0.3) is 0 Å². The maximum atomic E-state index is 12.1. The zero-order chi connectivity index (χ0) is 11.6. The zero-order valence-electron chi connectivity index (χ0n) is 10.1. The minimum Gasteiger partial charge on any atom is -0.341 e. The van der Waals surface area contributed by atoms with Crippen molar-refractivity contribution in [2.45, 2.75) is 46.1 Å². The van der Waals surface area contributed by atoms with Crippen LogP contribution in [0.5, 0.6) is 0 Å². The second kappa shape index (κ2) is 4.22. The van der Waals surface area contributed by atoms with E-state index in [4.69, 9.17) is 5.26 Å². The summed E-state index contributed by atoms with van der Waals surface area (Å²) in [6.07, 6.45) is 2.47. The molecular formula is C12H20N2O. The predicted octanol–water partition coefficient (Wildman–Crippen LogP) is 2.18. The fourth-order valence-corrected chi connectivity index (χ4v) is 1.87. The highest BCUT2D eigenvalue weighted by atomic mass is 16.2. The number of hydrogen-bond acceptors (Lipinski definition) is 2. The molecule has 0 N–H and O–H groups in total. The van der Waals surface area contributed by atoms with Gasteiger partial charge in [-0.3, -0.25) is 4.79 Å². The van der Waals surface area contributed by atoms with Gasteiger partial charge in [0.25, 0.3) is 0 Å². The molecule has 0 aromatic heterocycles. The average Bonchev–Trinajstić information content (AvgIpc) is 2.14. The van der Waals surface area contributed by atoms with Crippen LogP contribution in [0.1, 0.15) is 40.0 Å². The number of hydrogen-bond donors (Lipinski definition) is 0. The Kier molecular flexibility index (Phi) is 3.38. The van der Waals surface area contributed by atoms with Gasteiger partial charge in [0.2, 0.25) is 5.91 Å². The highest BCUT2D eigenvalue weighted by molar-refractivity contribution is 5.86. The molecule has 1 unspecified atom stereocenters. The fraction of sp³-hybridized carbons (Fsp3) is 0.833. The molecule has 1 rings (SSSR count). The number of carbonyl (C=O) groups excluding carboxylic acids is 1. The van der Waals surface area contributed by atoms with Gasteiger partial charge in [-0.05, 0) is 32.1 Å². The molecule has 1 saturated carbocycles. The topological polar surface area (TPSA) is 44.1 Å². The minimum absolute atomic E-state index is 0.0115. The molecule has 1 aliphatic carbocycles. The van der Waals surface area contributed by atoms with Gasteiger partial charge in [-0.25, -0.2) is 0 Å². The largest absolute Gasteiger partial charge is 0.341 e. The van der Waals surface area contributed by atoms with Crippen LogP contribution in [0.3, 0.4) is 0 Å². The average molecular weight is 208 g/mol. The van der Waals surface area contributed by atoms with Crippen molar-refractivity contribution in [1.82, 2.24) is 4.90 Å². The van der Waals surface area contributed by atoms with E-state index in [9.17, 15) is 4.79 Å². The van der Waals surface area contributed by atoms with Gasteiger partial charge in [0.05, 0.1) is 6.07 Å². The molecule has 0 bridgehead atoms.